The molecule has 0 spiro atoms. The number of H-pyrrole nitrogens is 1. The Balaban J connectivity index is 2.34. The van der Waals surface area contributed by atoms with E-state index in [1.165, 1.54) is 0 Å². The molecule has 2 heterocycles. The molecule has 0 aliphatic rings. The zero-order valence-electron chi connectivity index (χ0n) is 23.5. The maximum absolute atomic E-state index is 12.5. The summed E-state index contributed by atoms with van der Waals surface area (Å²) in [5.41, 5.74) is 5.02. The van der Waals surface area contributed by atoms with Gasteiger partial charge in [-0.25, -0.2) is 9.78 Å². The Labute approximate surface area is 224 Å². The average Bonchev–Trinajstić information content (AvgIpc) is 3.46. The Hall–Kier alpha value is -3.47. The number of nitrogens with one attached hydrogen (secondary N) is 2. The second kappa shape index (κ2) is 11.9. The van der Waals surface area contributed by atoms with E-state index in [-0.39, 0.29) is 0 Å². The lowest BCUT2D eigenvalue weighted by atomic mass is 9.67. The summed E-state index contributed by atoms with van der Waals surface area (Å²) in [4.78, 5) is 17.5. The number of carbonyl (C=O) groups excluding carboxylic acids is 1. The topological polar surface area (TPSA) is 150 Å². The van der Waals surface area contributed by atoms with Gasteiger partial charge in [0.2, 0.25) is 0 Å². The zero-order chi connectivity index (χ0) is 28.1. The third kappa shape index (κ3) is 5.82. The Kier molecular flexibility index (Phi) is 9.14. The Morgan fingerprint density at radius 3 is 2.37 bits per heavy atom. The maximum atomic E-state index is 12.5. The number of primary amides is 1. The summed E-state index contributed by atoms with van der Waals surface area (Å²) in [6, 6.07) is 5.40. The number of hydrogen-bond acceptors (Lipinski definition) is 8. The van der Waals surface area contributed by atoms with Gasteiger partial charge >= 0.3 is 6.09 Å². The number of imidazole rings is 1. The summed E-state index contributed by atoms with van der Waals surface area (Å²) in [5, 5.41) is 21.6. The van der Waals surface area contributed by atoms with Gasteiger partial charge in [-0.05, 0) is 44.2 Å². The molecule has 0 aliphatic heterocycles. The van der Waals surface area contributed by atoms with E-state index in [2.05, 4.69) is 15.5 Å². The summed E-state index contributed by atoms with van der Waals surface area (Å²) < 4.78 is 19.8. The van der Waals surface area contributed by atoms with Crippen LogP contribution in [0.25, 0.3) is 11.0 Å². The first-order chi connectivity index (χ1) is 18.0. The van der Waals surface area contributed by atoms with Crippen LogP contribution in [-0.2, 0) is 11.8 Å². The molecular weight excluding hydrogens is 488 g/mol. The van der Waals surface area contributed by atoms with Crippen molar-refractivity contribution in [3.05, 3.63) is 30.2 Å². The van der Waals surface area contributed by atoms with Crippen molar-refractivity contribution in [2.75, 3.05) is 18.5 Å². The number of aryl methyl sites for hydroxylation is 1. The quantitative estimate of drug-likeness (QED) is 0.233. The van der Waals surface area contributed by atoms with E-state index in [9.17, 15) is 9.90 Å². The van der Waals surface area contributed by atoms with Gasteiger partial charge in [0.25, 0.3) is 0 Å². The summed E-state index contributed by atoms with van der Waals surface area (Å²) in [5.74, 6) is 1.74. The van der Waals surface area contributed by atoms with Gasteiger partial charge < -0.3 is 34.9 Å². The number of ether oxygens (including phenoxy) is 3. The monoisotopic (exact) mass is 530 g/mol. The lowest BCUT2D eigenvalue weighted by molar-refractivity contribution is -0.114. The fourth-order valence-electron chi connectivity index (χ4n) is 5.27. The molecule has 0 bridgehead atoms. The van der Waals surface area contributed by atoms with Crippen molar-refractivity contribution >= 4 is 22.9 Å². The van der Waals surface area contributed by atoms with Gasteiger partial charge in [0.15, 0.2) is 11.8 Å². The van der Waals surface area contributed by atoms with Gasteiger partial charge in [-0.2, -0.15) is 5.10 Å². The molecule has 5 N–H and O–H groups in total. The first-order valence-electron chi connectivity index (χ1n) is 13.2. The maximum Gasteiger partial charge on any atom is 0.405 e. The van der Waals surface area contributed by atoms with E-state index >= 15 is 0 Å². The van der Waals surface area contributed by atoms with Crippen LogP contribution in [-0.4, -0.2) is 56.0 Å². The normalized spacial score (nSPS) is 15.1. The van der Waals surface area contributed by atoms with Gasteiger partial charge in [-0.15, -0.1) is 0 Å². The number of fused-ring (bicyclic) bond motifs is 1. The summed E-state index contributed by atoms with van der Waals surface area (Å²) in [6.07, 6.45) is 1.04. The molecule has 0 aliphatic carbocycles. The van der Waals surface area contributed by atoms with Crippen molar-refractivity contribution in [1.29, 1.82) is 0 Å². The molecule has 1 unspecified atom stereocenters. The second-order valence-corrected chi connectivity index (χ2v) is 10.4. The van der Waals surface area contributed by atoms with Crippen LogP contribution in [0.15, 0.2) is 24.4 Å². The number of anilines is 1. The molecule has 1 amide bonds. The first-order valence-corrected chi connectivity index (χ1v) is 13.2. The number of nitrogens with zero attached hydrogens (tertiary/aromatic N) is 3. The number of aromatic nitrogens is 4. The predicted molar refractivity (Wildman–Crippen MR) is 146 cm³/mol. The highest BCUT2D eigenvalue weighted by atomic mass is 16.6. The highest BCUT2D eigenvalue weighted by Crippen LogP contribution is 2.50. The van der Waals surface area contributed by atoms with Crippen LogP contribution in [0.4, 0.5) is 10.6 Å². The highest BCUT2D eigenvalue weighted by Gasteiger charge is 2.55. The highest BCUT2D eigenvalue weighted by molar-refractivity contribution is 5.88. The van der Waals surface area contributed by atoms with Crippen molar-refractivity contribution in [2.45, 2.75) is 78.6 Å². The zero-order valence-corrected chi connectivity index (χ0v) is 23.5. The molecule has 3 atom stereocenters. The molecular formula is C27H42N6O5. The minimum atomic E-state index is -1.49. The fraction of sp³-hybridized carbons (Fsp3) is 0.593. The van der Waals surface area contributed by atoms with E-state index in [0.29, 0.717) is 54.7 Å². The lowest BCUT2D eigenvalue weighted by Crippen LogP contribution is -2.58. The second-order valence-electron chi connectivity index (χ2n) is 10.4. The first kappa shape index (κ1) is 29.1. The van der Waals surface area contributed by atoms with E-state index < -0.39 is 29.3 Å². The Bertz CT molecular complexity index is 1200. The average molecular weight is 531 g/mol. The summed E-state index contributed by atoms with van der Waals surface area (Å²) in [6.45, 7) is 12.9. The van der Waals surface area contributed by atoms with Crippen LogP contribution < -0.4 is 20.5 Å². The summed E-state index contributed by atoms with van der Waals surface area (Å²) >= 11 is 0. The molecule has 38 heavy (non-hydrogen) atoms. The number of amides is 1. The molecule has 3 aromatic rings. The van der Waals surface area contributed by atoms with Gasteiger partial charge in [0.1, 0.15) is 34.2 Å². The molecule has 0 saturated heterocycles. The molecule has 0 fully saturated rings. The van der Waals surface area contributed by atoms with E-state index in [1.54, 1.807) is 12.3 Å². The number of nitrogens with two attached hydrogens (primary N) is 1. The molecule has 0 radical (unpaired) electrons. The number of aliphatic hydroxyl groups excluding tert-OH is 1. The molecule has 210 valence electrons. The third-order valence-corrected chi connectivity index (χ3v) is 6.66. The lowest BCUT2D eigenvalue weighted by Gasteiger charge is -2.47. The van der Waals surface area contributed by atoms with Crippen LogP contribution in [0.1, 0.15) is 72.5 Å². The number of rotatable bonds is 13. The largest absolute Gasteiger partial charge is 0.492 e. The number of unbranched alkanes of at least 4 members (excludes halogenated alkanes) is 1. The fourth-order valence-corrected chi connectivity index (χ4v) is 5.27. The number of benzene rings is 1. The standard InChI is InChI=1S/C27H42N6O5/c1-8-11-15-27(38-25(28)35,24(34)30-19-14-16-29-32-19)22(26(4,5)6)23-31-20-17(36-9-2)12-13-18(37-10-3)21(20)33(23)7/h12-14,16,22,24,34H,8-11,15H2,1-7H3,(H2,28,35)(H2,29,30,32)/t22?,24-,27-/m0/s1. The number of aromatic amines is 1. The van der Waals surface area contributed by atoms with Crippen molar-refractivity contribution < 1.29 is 24.1 Å². The van der Waals surface area contributed by atoms with Gasteiger partial charge in [0.05, 0.1) is 25.3 Å². The number of hydrogen-bond donors (Lipinski definition) is 4. The Morgan fingerprint density at radius 1 is 1.16 bits per heavy atom. The van der Waals surface area contributed by atoms with Crippen LogP contribution in [0.2, 0.25) is 0 Å². The van der Waals surface area contributed by atoms with E-state index in [1.807, 2.05) is 65.3 Å². The minimum absolute atomic E-state index is 0.330. The SMILES string of the molecule is CCCC[C@](OC(N)=O)(C(c1nc2c(OCC)ccc(OCC)c2n1C)C(C)(C)C)[C@H](O)Nc1ccn[nH]1. The van der Waals surface area contributed by atoms with Gasteiger partial charge in [-0.3, -0.25) is 5.10 Å². The van der Waals surface area contributed by atoms with E-state index in [4.69, 9.17) is 24.9 Å². The van der Waals surface area contributed by atoms with Gasteiger partial charge in [-0.1, -0.05) is 34.1 Å². The molecule has 11 heteroatoms. The van der Waals surface area contributed by atoms with Crippen LogP contribution >= 0.6 is 0 Å². The van der Waals surface area contributed by atoms with Crippen LogP contribution in [0.3, 0.4) is 0 Å². The van der Waals surface area contributed by atoms with Gasteiger partial charge in [0, 0.05) is 13.1 Å². The number of carbonyl (C=O) groups is 1. The van der Waals surface area contributed by atoms with Crippen molar-refractivity contribution in [2.24, 2.45) is 18.2 Å². The van der Waals surface area contributed by atoms with Crippen molar-refractivity contribution in [3.63, 3.8) is 0 Å². The van der Waals surface area contributed by atoms with E-state index in [0.717, 1.165) is 11.9 Å². The predicted octanol–water partition coefficient (Wildman–Crippen LogP) is 4.68. The molecule has 2 aromatic heterocycles. The molecule has 11 nitrogen and oxygen atoms in total. The van der Waals surface area contributed by atoms with Crippen LogP contribution in [0.5, 0.6) is 11.5 Å². The van der Waals surface area contributed by atoms with Crippen LogP contribution in [0, 0.1) is 5.41 Å². The van der Waals surface area contributed by atoms with Crippen molar-refractivity contribution in [1.82, 2.24) is 19.7 Å². The Morgan fingerprint density at radius 2 is 1.82 bits per heavy atom. The van der Waals surface area contributed by atoms with Crippen molar-refractivity contribution in [3.8, 4) is 11.5 Å². The summed E-state index contributed by atoms with van der Waals surface area (Å²) in [7, 11) is 1.89. The third-order valence-electron chi connectivity index (χ3n) is 6.66. The number of aliphatic hydroxyl groups is 1. The molecule has 3 rings (SSSR count). The minimum Gasteiger partial charge on any atom is -0.492 e. The molecule has 0 saturated carbocycles. The smallest absolute Gasteiger partial charge is 0.405 e. The molecule has 1 aromatic carbocycles.